The summed E-state index contributed by atoms with van der Waals surface area (Å²) >= 11 is 0. The lowest BCUT2D eigenvalue weighted by atomic mass is 9.96. The van der Waals surface area contributed by atoms with E-state index in [4.69, 9.17) is 0 Å². The molecule has 0 aliphatic carbocycles. The van der Waals surface area contributed by atoms with Gasteiger partial charge in [0.05, 0.1) is 11.8 Å². The summed E-state index contributed by atoms with van der Waals surface area (Å²) in [4.78, 5) is 29.9. The monoisotopic (exact) mass is 361 g/mol. The number of aromatic nitrogens is 3. The van der Waals surface area contributed by atoms with Gasteiger partial charge in [0.1, 0.15) is 0 Å². The molecule has 3 aromatic rings. The van der Waals surface area contributed by atoms with E-state index in [2.05, 4.69) is 26.6 Å². The number of anilines is 1. The van der Waals surface area contributed by atoms with Crippen LogP contribution in [-0.4, -0.2) is 34.0 Å². The fourth-order valence-electron chi connectivity index (χ4n) is 3.24. The highest BCUT2D eigenvalue weighted by Crippen LogP contribution is 2.31. The second kappa shape index (κ2) is 7.03. The Morgan fingerprint density at radius 1 is 1.19 bits per heavy atom. The molecule has 136 valence electrons. The zero-order chi connectivity index (χ0) is 18.8. The molecule has 3 heterocycles. The molecule has 0 spiro atoms. The fourth-order valence-corrected chi connectivity index (χ4v) is 3.24. The first-order valence-corrected chi connectivity index (χ1v) is 8.72. The van der Waals surface area contributed by atoms with Gasteiger partial charge in [0, 0.05) is 49.9 Å². The van der Waals surface area contributed by atoms with E-state index in [1.807, 2.05) is 25.2 Å². The van der Waals surface area contributed by atoms with E-state index < -0.39 is 0 Å². The van der Waals surface area contributed by atoms with E-state index in [-0.39, 0.29) is 11.8 Å². The number of pyridine rings is 1. The van der Waals surface area contributed by atoms with Crippen LogP contribution in [0.1, 0.15) is 27.9 Å². The van der Waals surface area contributed by atoms with Crippen molar-refractivity contribution in [3.63, 3.8) is 0 Å². The minimum atomic E-state index is -0.185. The lowest BCUT2D eigenvalue weighted by Crippen LogP contribution is -2.30. The van der Waals surface area contributed by atoms with Crippen LogP contribution in [0.25, 0.3) is 11.1 Å². The zero-order valence-corrected chi connectivity index (χ0v) is 14.9. The minimum absolute atomic E-state index is 0.146. The van der Waals surface area contributed by atoms with Crippen molar-refractivity contribution in [1.82, 2.24) is 20.5 Å². The molecule has 2 aromatic heterocycles. The highest BCUT2D eigenvalue weighted by Gasteiger charge is 2.21. The maximum atomic E-state index is 12.0. The standard InChI is InChI=1S/C20H19N5O2/c1-25-18-4-2-14(7-15(18)3-5-19(25)26)16-6-13(8-21-10-16)9-22-20(27)17-11-23-24-12-17/h2,4,6-8,10-12H,3,5,9H2,1H3,(H,22,27)(H,23,24). The summed E-state index contributed by atoms with van der Waals surface area (Å²) in [5.74, 6) is -0.0390. The Labute approximate surface area is 156 Å². The molecule has 2 amide bonds. The number of nitrogens with one attached hydrogen (secondary N) is 2. The second-order valence-electron chi connectivity index (χ2n) is 6.55. The van der Waals surface area contributed by atoms with Gasteiger partial charge in [0.2, 0.25) is 5.91 Å². The van der Waals surface area contributed by atoms with Crippen LogP contribution < -0.4 is 10.2 Å². The van der Waals surface area contributed by atoms with Gasteiger partial charge in [-0.3, -0.25) is 19.7 Å². The predicted octanol–water partition coefficient (Wildman–Crippen LogP) is 2.31. The molecule has 27 heavy (non-hydrogen) atoms. The Morgan fingerprint density at radius 2 is 2.07 bits per heavy atom. The smallest absolute Gasteiger partial charge is 0.254 e. The van der Waals surface area contributed by atoms with Crippen molar-refractivity contribution >= 4 is 17.5 Å². The van der Waals surface area contributed by atoms with Crippen LogP contribution in [-0.2, 0) is 17.8 Å². The zero-order valence-electron chi connectivity index (χ0n) is 14.9. The SMILES string of the molecule is CN1C(=O)CCc2cc(-c3cncc(CNC(=O)c4cn[nH]c4)c3)ccc21. The number of hydrogen-bond acceptors (Lipinski definition) is 4. The molecule has 0 saturated carbocycles. The van der Waals surface area contributed by atoms with E-state index in [1.54, 1.807) is 23.5 Å². The van der Waals surface area contributed by atoms with Crippen LogP contribution in [0.2, 0.25) is 0 Å². The summed E-state index contributed by atoms with van der Waals surface area (Å²) in [5.41, 5.74) is 5.56. The molecule has 1 aliphatic rings. The summed E-state index contributed by atoms with van der Waals surface area (Å²) in [6.45, 7) is 0.382. The maximum Gasteiger partial charge on any atom is 0.254 e. The Kier molecular flexibility index (Phi) is 4.42. The highest BCUT2D eigenvalue weighted by molar-refractivity contribution is 5.96. The van der Waals surface area contributed by atoms with E-state index >= 15 is 0 Å². The van der Waals surface area contributed by atoms with Gasteiger partial charge in [-0.2, -0.15) is 5.10 Å². The van der Waals surface area contributed by atoms with Gasteiger partial charge in [-0.1, -0.05) is 6.07 Å². The van der Waals surface area contributed by atoms with Gasteiger partial charge in [0.25, 0.3) is 5.91 Å². The number of aryl methyl sites for hydroxylation is 1. The third-order valence-corrected chi connectivity index (χ3v) is 4.76. The maximum absolute atomic E-state index is 12.0. The normalized spacial score (nSPS) is 13.4. The van der Waals surface area contributed by atoms with Crippen LogP contribution in [0.3, 0.4) is 0 Å². The summed E-state index contributed by atoms with van der Waals surface area (Å²) in [6, 6.07) is 8.11. The van der Waals surface area contributed by atoms with Crippen LogP contribution >= 0.6 is 0 Å². The van der Waals surface area contributed by atoms with Gasteiger partial charge in [0.15, 0.2) is 0 Å². The van der Waals surface area contributed by atoms with Crippen LogP contribution in [0, 0.1) is 0 Å². The average Bonchev–Trinajstić information content (AvgIpc) is 3.24. The topological polar surface area (TPSA) is 91.0 Å². The van der Waals surface area contributed by atoms with E-state index in [0.29, 0.717) is 18.5 Å². The van der Waals surface area contributed by atoms with Crippen molar-refractivity contribution in [2.24, 2.45) is 0 Å². The molecule has 0 atom stereocenters. The first-order valence-electron chi connectivity index (χ1n) is 8.72. The minimum Gasteiger partial charge on any atom is -0.348 e. The molecule has 1 aromatic carbocycles. The molecular formula is C20H19N5O2. The first-order chi connectivity index (χ1) is 13.1. The van der Waals surface area contributed by atoms with E-state index in [0.717, 1.165) is 34.4 Å². The Bertz CT molecular complexity index is 997. The number of hydrogen-bond donors (Lipinski definition) is 2. The van der Waals surface area contributed by atoms with Crippen molar-refractivity contribution in [3.8, 4) is 11.1 Å². The van der Waals surface area contributed by atoms with Crippen molar-refractivity contribution in [2.75, 3.05) is 11.9 Å². The Balaban J connectivity index is 1.52. The number of fused-ring (bicyclic) bond motifs is 1. The first kappa shape index (κ1) is 17.0. The number of carbonyl (C=O) groups excluding carboxylic acids is 2. The van der Waals surface area contributed by atoms with Gasteiger partial charge < -0.3 is 10.2 Å². The number of carbonyl (C=O) groups is 2. The van der Waals surface area contributed by atoms with Crippen LogP contribution in [0.15, 0.2) is 49.1 Å². The van der Waals surface area contributed by atoms with Crippen molar-refractivity contribution in [3.05, 3.63) is 65.7 Å². The average molecular weight is 361 g/mol. The van der Waals surface area contributed by atoms with Gasteiger partial charge in [-0.05, 0) is 41.3 Å². The quantitative estimate of drug-likeness (QED) is 0.746. The summed E-state index contributed by atoms with van der Waals surface area (Å²) in [5, 5.41) is 9.25. The van der Waals surface area contributed by atoms with E-state index in [1.165, 1.54) is 6.20 Å². The number of amides is 2. The molecule has 0 unspecified atom stereocenters. The lowest BCUT2D eigenvalue weighted by Gasteiger charge is -2.26. The lowest BCUT2D eigenvalue weighted by molar-refractivity contribution is -0.118. The summed E-state index contributed by atoms with van der Waals surface area (Å²) < 4.78 is 0. The Hall–Kier alpha value is -3.48. The molecule has 4 rings (SSSR count). The van der Waals surface area contributed by atoms with Gasteiger partial charge >= 0.3 is 0 Å². The summed E-state index contributed by atoms with van der Waals surface area (Å²) in [7, 11) is 1.81. The van der Waals surface area contributed by atoms with Gasteiger partial charge in [-0.15, -0.1) is 0 Å². The third-order valence-electron chi connectivity index (χ3n) is 4.76. The molecule has 1 aliphatic heterocycles. The number of aromatic amines is 1. The second-order valence-corrected chi connectivity index (χ2v) is 6.55. The number of nitrogens with zero attached hydrogens (tertiary/aromatic N) is 3. The number of rotatable bonds is 4. The van der Waals surface area contributed by atoms with E-state index in [9.17, 15) is 9.59 Å². The van der Waals surface area contributed by atoms with Gasteiger partial charge in [-0.25, -0.2) is 0 Å². The van der Waals surface area contributed by atoms with Crippen molar-refractivity contribution in [1.29, 1.82) is 0 Å². The third kappa shape index (κ3) is 3.44. The predicted molar refractivity (Wildman–Crippen MR) is 101 cm³/mol. The number of benzene rings is 1. The van der Waals surface area contributed by atoms with Crippen LogP contribution in [0.4, 0.5) is 5.69 Å². The molecule has 7 heteroatoms. The van der Waals surface area contributed by atoms with Crippen molar-refractivity contribution in [2.45, 2.75) is 19.4 Å². The Morgan fingerprint density at radius 3 is 2.89 bits per heavy atom. The highest BCUT2D eigenvalue weighted by atomic mass is 16.2. The fraction of sp³-hybridized carbons (Fsp3) is 0.200. The largest absolute Gasteiger partial charge is 0.348 e. The molecule has 7 nitrogen and oxygen atoms in total. The summed E-state index contributed by atoms with van der Waals surface area (Å²) in [6.07, 6.45) is 7.87. The number of H-pyrrole nitrogens is 1. The molecule has 0 fully saturated rings. The molecular weight excluding hydrogens is 342 g/mol. The molecule has 0 bridgehead atoms. The van der Waals surface area contributed by atoms with Crippen molar-refractivity contribution < 1.29 is 9.59 Å². The molecule has 0 radical (unpaired) electrons. The van der Waals surface area contributed by atoms with Crippen LogP contribution in [0.5, 0.6) is 0 Å². The molecule has 2 N–H and O–H groups in total. The molecule has 0 saturated heterocycles.